The van der Waals surface area contributed by atoms with Crippen LogP contribution in [0.5, 0.6) is 11.5 Å². The van der Waals surface area contributed by atoms with Crippen molar-refractivity contribution in [3.05, 3.63) is 60.9 Å². The number of rotatable bonds is 14. The van der Waals surface area contributed by atoms with Gasteiger partial charge >= 0.3 is 0 Å². The van der Waals surface area contributed by atoms with Gasteiger partial charge in [-0.2, -0.15) is 0 Å². The molecule has 1 heterocycles. The van der Waals surface area contributed by atoms with E-state index in [0.717, 1.165) is 61.2 Å². The molecule has 1 atom stereocenters. The van der Waals surface area contributed by atoms with Crippen LogP contribution in [0.4, 0.5) is 4.39 Å². The van der Waals surface area contributed by atoms with E-state index in [4.69, 9.17) is 9.47 Å². The molecule has 3 rings (SSSR count). The maximum atomic E-state index is 13.3. The van der Waals surface area contributed by atoms with Crippen molar-refractivity contribution in [2.24, 2.45) is 0 Å². The fourth-order valence-corrected chi connectivity index (χ4v) is 3.55. The van der Waals surface area contributed by atoms with Crippen molar-refractivity contribution in [2.45, 2.75) is 64.9 Å². The molecule has 2 aromatic carbocycles. The molecule has 1 aromatic heterocycles. The summed E-state index contributed by atoms with van der Waals surface area (Å²) in [5.74, 6) is 2.23. The van der Waals surface area contributed by atoms with E-state index in [1.54, 1.807) is 0 Å². The Balaban J connectivity index is 1.57. The predicted octanol–water partition coefficient (Wildman–Crippen LogP) is 7.68. The lowest BCUT2D eigenvalue weighted by atomic mass is 10.1. The molecule has 0 aliphatic rings. The average Bonchev–Trinajstić information content (AvgIpc) is 2.87. The van der Waals surface area contributed by atoms with Gasteiger partial charge in [-0.25, -0.2) is 14.4 Å². The van der Waals surface area contributed by atoms with Gasteiger partial charge in [-0.1, -0.05) is 51.7 Å². The summed E-state index contributed by atoms with van der Waals surface area (Å²) >= 11 is 0. The second-order valence-corrected chi connectivity index (χ2v) is 8.29. The van der Waals surface area contributed by atoms with Gasteiger partial charge in [0.2, 0.25) is 0 Å². The van der Waals surface area contributed by atoms with Gasteiger partial charge in [0.25, 0.3) is 0 Å². The Kier molecular flexibility index (Phi) is 10.1. The molecule has 0 spiro atoms. The van der Waals surface area contributed by atoms with E-state index in [1.165, 1.54) is 12.8 Å². The first-order valence-corrected chi connectivity index (χ1v) is 12.1. The van der Waals surface area contributed by atoms with Gasteiger partial charge in [0.15, 0.2) is 5.82 Å². The lowest BCUT2D eigenvalue weighted by molar-refractivity contribution is 0.152. The molecule has 0 saturated heterocycles. The summed E-state index contributed by atoms with van der Waals surface area (Å²) < 4.78 is 24.9. The Morgan fingerprint density at radius 1 is 0.727 bits per heavy atom. The maximum absolute atomic E-state index is 13.3. The van der Waals surface area contributed by atoms with Gasteiger partial charge in [-0.3, -0.25) is 0 Å². The first-order chi connectivity index (χ1) is 16.2. The molecule has 5 heteroatoms. The summed E-state index contributed by atoms with van der Waals surface area (Å²) in [6.07, 6.45) is 10.7. The van der Waals surface area contributed by atoms with Crippen molar-refractivity contribution in [3.8, 4) is 34.0 Å². The molecule has 0 amide bonds. The van der Waals surface area contributed by atoms with Crippen molar-refractivity contribution >= 4 is 0 Å². The molecule has 0 saturated carbocycles. The first-order valence-electron chi connectivity index (χ1n) is 12.1. The summed E-state index contributed by atoms with van der Waals surface area (Å²) in [4.78, 5) is 9.06. The van der Waals surface area contributed by atoms with Crippen molar-refractivity contribution < 1.29 is 13.9 Å². The molecular weight excluding hydrogens is 415 g/mol. The number of hydrogen-bond acceptors (Lipinski definition) is 4. The Morgan fingerprint density at radius 2 is 1.36 bits per heavy atom. The highest BCUT2D eigenvalue weighted by Gasteiger charge is 2.11. The lowest BCUT2D eigenvalue weighted by Gasteiger charge is -2.16. The minimum atomic E-state index is -0.463. The van der Waals surface area contributed by atoms with Crippen molar-refractivity contribution in [1.29, 1.82) is 0 Å². The molecule has 0 N–H and O–H groups in total. The fourth-order valence-electron chi connectivity index (χ4n) is 3.55. The fraction of sp³-hybridized carbons (Fsp3) is 0.429. The highest BCUT2D eigenvalue weighted by molar-refractivity contribution is 5.64. The Labute approximate surface area is 197 Å². The Morgan fingerprint density at radius 3 is 2.00 bits per heavy atom. The molecule has 0 aliphatic heterocycles. The minimum Gasteiger partial charge on any atom is -0.494 e. The zero-order valence-electron chi connectivity index (χ0n) is 19.8. The SMILES string of the molecule is CCCCCCC(CF)Oc1ccc(-c2cnc(-c3ccc(OCCCC)cc3)nc2)cc1. The average molecular weight is 451 g/mol. The quantitative estimate of drug-likeness (QED) is 0.236. The standard InChI is InChI=1S/C28H35FN2O2/c1-3-5-7-8-9-27(19-29)33-26-16-10-22(11-17-26)24-20-30-28(31-21-24)23-12-14-25(15-13-23)32-18-6-4-2/h10-17,20-21,27H,3-9,18-19H2,1-2H3. The van der Waals surface area contributed by atoms with Gasteiger partial charge in [0.1, 0.15) is 24.3 Å². The van der Waals surface area contributed by atoms with Crippen molar-refractivity contribution in [3.63, 3.8) is 0 Å². The minimum absolute atomic E-state index is 0.376. The monoisotopic (exact) mass is 450 g/mol. The summed E-state index contributed by atoms with van der Waals surface area (Å²) in [6.45, 7) is 4.59. The third-order valence-corrected chi connectivity index (χ3v) is 5.57. The van der Waals surface area contributed by atoms with Crippen LogP contribution in [0.25, 0.3) is 22.5 Å². The third kappa shape index (κ3) is 7.85. The highest BCUT2D eigenvalue weighted by atomic mass is 19.1. The number of alkyl halides is 1. The Hall–Kier alpha value is -2.95. The van der Waals surface area contributed by atoms with E-state index >= 15 is 0 Å². The van der Waals surface area contributed by atoms with Crippen LogP contribution in [0.2, 0.25) is 0 Å². The molecule has 0 radical (unpaired) electrons. The molecule has 3 aromatic rings. The van der Waals surface area contributed by atoms with Crippen LogP contribution < -0.4 is 9.47 Å². The topological polar surface area (TPSA) is 44.2 Å². The molecular formula is C28H35FN2O2. The number of benzene rings is 2. The van der Waals surface area contributed by atoms with E-state index < -0.39 is 6.67 Å². The number of aromatic nitrogens is 2. The van der Waals surface area contributed by atoms with Crippen LogP contribution in [-0.4, -0.2) is 29.4 Å². The normalized spacial score (nSPS) is 11.8. The predicted molar refractivity (Wildman–Crippen MR) is 132 cm³/mol. The molecule has 176 valence electrons. The van der Waals surface area contributed by atoms with E-state index in [1.807, 2.05) is 60.9 Å². The van der Waals surface area contributed by atoms with Crippen LogP contribution >= 0.6 is 0 Å². The third-order valence-electron chi connectivity index (χ3n) is 5.57. The molecule has 1 unspecified atom stereocenters. The van der Waals surface area contributed by atoms with Gasteiger partial charge in [-0.05, 0) is 61.2 Å². The molecule has 4 nitrogen and oxygen atoms in total. The Bertz CT molecular complexity index is 928. The number of nitrogens with zero attached hydrogens (tertiary/aromatic N) is 2. The highest BCUT2D eigenvalue weighted by Crippen LogP contribution is 2.25. The van der Waals surface area contributed by atoms with Crippen LogP contribution in [0.3, 0.4) is 0 Å². The number of ether oxygens (including phenoxy) is 2. The van der Waals surface area contributed by atoms with E-state index in [2.05, 4.69) is 23.8 Å². The lowest BCUT2D eigenvalue weighted by Crippen LogP contribution is -2.18. The molecule has 33 heavy (non-hydrogen) atoms. The molecule has 0 fully saturated rings. The number of unbranched alkanes of at least 4 members (excludes halogenated alkanes) is 4. The second-order valence-electron chi connectivity index (χ2n) is 8.29. The van der Waals surface area contributed by atoms with Crippen LogP contribution in [0.1, 0.15) is 58.8 Å². The molecule has 0 bridgehead atoms. The summed E-state index contributed by atoms with van der Waals surface area (Å²) in [5.41, 5.74) is 2.86. The van der Waals surface area contributed by atoms with Crippen molar-refractivity contribution in [2.75, 3.05) is 13.3 Å². The van der Waals surface area contributed by atoms with Gasteiger partial charge in [0, 0.05) is 23.5 Å². The second kappa shape index (κ2) is 13.6. The van der Waals surface area contributed by atoms with Crippen molar-refractivity contribution in [1.82, 2.24) is 9.97 Å². The first kappa shape index (κ1) is 24.7. The number of halogens is 1. The summed E-state index contributed by atoms with van der Waals surface area (Å²) in [6, 6.07) is 15.6. The maximum Gasteiger partial charge on any atom is 0.159 e. The largest absolute Gasteiger partial charge is 0.494 e. The van der Waals surface area contributed by atoms with Gasteiger partial charge < -0.3 is 9.47 Å². The van der Waals surface area contributed by atoms with Gasteiger partial charge in [-0.15, -0.1) is 0 Å². The van der Waals surface area contributed by atoms with Gasteiger partial charge in [0.05, 0.1) is 6.61 Å². The zero-order chi connectivity index (χ0) is 23.3. The smallest absolute Gasteiger partial charge is 0.159 e. The number of hydrogen-bond donors (Lipinski definition) is 0. The van der Waals surface area contributed by atoms with Crippen LogP contribution in [-0.2, 0) is 0 Å². The van der Waals surface area contributed by atoms with E-state index in [-0.39, 0.29) is 6.10 Å². The van der Waals surface area contributed by atoms with Crippen LogP contribution in [0.15, 0.2) is 60.9 Å². The van der Waals surface area contributed by atoms with E-state index in [0.29, 0.717) is 11.6 Å². The summed E-state index contributed by atoms with van der Waals surface area (Å²) in [7, 11) is 0. The molecule has 0 aliphatic carbocycles. The van der Waals surface area contributed by atoms with Crippen LogP contribution in [0, 0.1) is 0 Å². The summed E-state index contributed by atoms with van der Waals surface area (Å²) in [5, 5.41) is 0. The zero-order valence-corrected chi connectivity index (χ0v) is 19.8. The van der Waals surface area contributed by atoms with E-state index in [9.17, 15) is 4.39 Å².